The van der Waals surface area contributed by atoms with E-state index >= 15 is 0 Å². The van der Waals surface area contributed by atoms with E-state index in [-0.39, 0.29) is 5.91 Å². The van der Waals surface area contributed by atoms with E-state index in [1.54, 1.807) is 6.20 Å². The highest BCUT2D eigenvalue weighted by molar-refractivity contribution is 5.98. The SMILES string of the molecule is O=C1NCc2cc(CCc3cccnc3)ccc21. The van der Waals surface area contributed by atoms with Crippen LogP contribution in [0.4, 0.5) is 0 Å². The van der Waals surface area contributed by atoms with Crippen molar-refractivity contribution in [1.82, 2.24) is 10.3 Å². The predicted molar refractivity (Wildman–Crippen MR) is 69.3 cm³/mol. The number of nitrogens with one attached hydrogen (secondary N) is 1. The monoisotopic (exact) mass is 238 g/mol. The van der Waals surface area contributed by atoms with Crippen LogP contribution in [-0.2, 0) is 19.4 Å². The van der Waals surface area contributed by atoms with Gasteiger partial charge >= 0.3 is 0 Å². The van der Waals surface area contributed by atoms with Crippen LogP contribution in [0.1, 0.15) is 27.0 Å². The summed E-state index contributed by atoms with van der Waals surface area (Å²) in [6, 6.07) is 10.1. The number of pyridine rings is 1. The Hall–Kier alpha value is -2.16. The molecule has 2 aromatic rings. The topological polar surface area (TPSA) is 42.0 Å². The van der Waals surface area contributed by atoms with Crippen molar-refractivity contribution >= 4 is 5.91 Å². The van der Waals surface area contributed by atoms with Crippen LogP contribution >= 0.6 is 0 Å². The maximum absolute atomic E-state index is 11.4. The molecular formula is C15H14N2O. The quantitative estimate of drug-likeness (QED) is 0.889. The molecule has 0 atom stereocenters. The van der Waals surface area contributed by atoms with Crippen LogP contribution in [-0.4, -0.2) is 10.9 Å². The van der Waals surface area contributed by atoms with Crippen molar-refractivity contribution in [3.8, 4) is 0 Å². The highest BCUT2D eigenvalue weighted by atomic mass is 16.1. The molecule has 0 spiro atoms. The summed E-state index contributed by atoms with van der Waals surface area (Å²) in [4.78, 5) is 15.5. The first-order valence-electron chi connectivity index (χ1n) is 6.12. The number of fused-ring (bicyclic) bond motifs is 1. The van der Waals surface area contributed by atoms with E-state index in [1.165, 1.54) is 11.1 Å². The summed E-state index contributed by atoms with van der Waals surface area (Å²) >= 11 is 0. The summed E-state index contributed by atoms with van der Waals surface area (Å²) in [6.45, 7) is 0.662. The highest BCUT2D eigenvalue weighted by Gasteiger charge is 2.18. The number of benzene rings is 1. The minimum atomic E-state index is 0.0452. The largest absolute Gasteiger partial charge is 0.348 e. The first-order chi connectivity index (χ1) is 8.83. The van der Waals surface area contributed by atoms with Crippen molar-refractivity contribution in [3.05, 3.63) is 65.0 Å². The molecule has 1 N–H and O–H groups in total. The summed E-state index contributed by atoms with van der Waals surface area (Å²) in [7, 11) is 0. The third-order valence-corrected chi connectivity index (χ3v) is 3.28. The molecule has 1 aliphatic heterocycles. The van der Waals surface area contributed by atoms with E-state index < -0.39 is 0 Å². The van der Waals surface area contributed by atoms with Crippen LogP contribution in [0, 0.1) is 0 Å². The van der Waals surface area contributed by atoms with Gasteiger partial charge in [0.1, 0.15) is 0 Å². The van der Waals surface area contributed by atoms with Crippen molar-refractivity contribution in [2.45, 2.75) is 19.4 Å². The molecule has 0 bridgehead atoms. The van der Waals surface area contributed by atoms with Gasteiger partial charge in [0.05, 0.1) is 0 Å². The van der Waals surface area contributed by atoms with Gasteiger partial charge in [-0.2, -0.15) is 0 Å². The molecule has 1 aliphatic rings. The zero-order valence-electron chi connectivity index (χ0n) is 10.0. The molecule has 1 aromatic carbocycles. The van der Waals surface area contributed by atoms with Crippen LogP contribution in [0.2, 0.25) is 0 Å². The molecule has 0 saturated carbocycles. The lowest BCUT2D eigenvalue weighted by atomic mass is 10.0. The Morgan fingerprint density at radius 3 is 2.89 bits per heavy atom. The number of amides is 1. The van der Waals surface area contributed by atoms with E-state index in [4.69, 9.17) is 0 Å². The Morgan fingerprint density at radius 2 is 2.06 bits per heavy atom. The van der Waals surface area contributed by atoms with Crippen molar-refractivity contribution in [2.24, 2.45) is 0 Å². The number of nitrogens with zero attached hydrogens (tertiary/aromatic N) is 1. The van der Waals surface area contributed by atoms with Gasteiger partial charge in [0.25, 0.3) is 5.91 Å². The third kappa shape index (κ3) is 2.12. The van der Waals surface area contributed by atoms with Crippen molar-refractivity contribution in [2.75, 3.05) is 0 Å². The van der Waals surface area contributed by atoms with E-state index in [0.717, 1.165) is 24.0 Å². The summed E-state index contributed by atoms with van der Waals surface area (Å²) in [6.07, 6.45) is 5.65. The molecule has 3 rings (SSSR count). The minimum Gasteiger partial charge on any atom is -0.348 e. The maximum Gasteiger partial charge on any atom is 0.251 e. The number of rotatable bonds is 3. The second kappa shape index (κ2) is 4.61. The number of hydrogen-bond donors (Lipinski definition) is 1. The van der Waals surface area contributed by atoms with Gasteiger partial charge in [-0.25, -0.2) is 0 Å². The van der Waals surface area contributed by atoms with E-state index in [2.05, 4.69) is 22.4 Å². The lowest BCUT2D eigenvalue weighted by molar-refractivity contribution is 0.0966. The maximum atomic E-state index is 11.4. The Morgan fingerprint density at radius 1 is 1.17 bits per heavy atom. The van der Waals surface area contributed by atoms with E-state index in [1.807, 2.05) is 24.4 Å². The number of hydrogen-bond acceptors (Lipinski definition) is 2. The van der Waals surface area contributed by atoms with Crippen molar-refractivity contribution < 1.29 is 4.79 Å². The highest BCUT2D eigenvalue weighted by Crippen LogP contribution is 2.18. The van der Waals surface area contributed by atoms with Gasteiger partial charge in [0.2, 0.25) is 0 Å². The molecule has 3 heteroatoms. The normalized spacial score (nSPS) is 13.2. The molecule has 18 heavy (non-hydrogen) atoms. The number of carbonyl (C=O) groups is 1. The van der Waals surface area contributed by atoms with E-state index in [9.17, 15) is 4.79 Å². The fourth-order valence-corrected chi connectivity index (χ4v) is 2.28. The van der Waals surface area contributed by atoms with Crippen LogP contribution in [0.3, 0.4) is 0 Å². The molecule has 0 fully saturated rings. The van der Waals surface area contributed by atoms with Crippen LogP contribution in [0.5, 0.6) is 0 Å². The van der Waals surface area contributed by atoms with Gasteiger partial charge in [0.15, 0.2) is 0 Å². The summed E-state index contributed by atoms with van der Waals surface area (Å²) in [5, 5.41) is 2.84. The molecule has 2 heterocycles. The predicted octanol–water partition coefficient (Wildman–Crippen LogP) is 2.11. The van der Waals surface area contributed by atoms with Gasteiger partial charge in [-0.05, 0) is 41.7 Å². The Bertz CT molecular complexity index is 578. The number of aromatic nitrogens is 1. The van der Waals surface area contributed by atoms with Gasteiger partial charge in [0, 0.05) is 24.5 Å². The van der Waals surface area contributed by atoms with Crippen molar-refractivity contribution in [3.63, 3.8) is 0 Å². The molecule has 0 radical (unpaired) electrons. The summed E-state index contributed by atoms with van der Waals surface area (Å²) in [5.41, 5.74) is 4.45. The van der Waals surface area contributed by atoms with Crippen LogP contribution in [0.15, 0.2) is 42.7 Å². The fraction of sp³-hybridized carbons (Fsp3) is 0.200. The van der Waals surface area contributed by atoms with Gasteiger partial charge in [-0.3, -0.25) is 9.78 Å². The minimum absolute atomic E-state index is 0.0452. The van der Waals surface area contributed by atoms with Crippen LogP contribution in [0.25, 0.3) is 0 Å². The third-order valence-electron chi connectivity index (χ3n) is 3.28. The zero-order valence-corrected chi connectivity index (χ0v) is 10.0. The molecular weight excluding hydrogens is 224 g/mol. The average molecular weight is 238 g/mol. The smallest absolute Gasteiger partial charge is 0.251 e. The molecule has 0 unspecified atom stereocenters. The number of aryl methyl sites for hydroxylation is 2. The first-order valence-corrected chi connectivity index (χ1v) is 6.12. The van der Waals surface area contributed by atoms with E-state index in [0.29, 0.717) is 6.54 Å². The van der Waals surface area contributed by atoms with Gasteiger partial charge in [-0.1, -0.05) is 18.2 Å². The molecule has 0 saturated heterocycles. The second-order valence-corrected chi connectivity index (χ2v) is 4.54. The zero-order chi connectivity index (χ0) is 12.4. The molecule has 1 amide bonds. The summed E-state index contributed by atoms with van der Waals surface area (Å²) in [5.74, 6) is 0.0452. The van der Waals surface area contributed by atoms with Crippen molar-refractivity contribution in [1.29, 1.82) is 0 Å². The Labute approximate surface area is 106 Å². The van der Waals surface area contributed by atoms with Crippen LogP contribution < -0.4 is 5.32 Å². The lowest BCUT2D eigenvalue weighted by Gasteiger charge is -2.03. The molecule has 1 aromatic heterocycles. The lowest BCUT2D eigenvalue weighted by Crippen LogP contribution is -2.12. The second-order valence-electron chi connectivity index (χ2n) is 4.54. The van der Waals surface area contributed by atoms with Gasteiger partial charge < -0.3 is 5.32 Å². The summed E-state index contributed by atoms with van der Waals surface area (Å²) < 4.78 is 0. The first kappa shape index (κ1) is 11.0. The molecule has 3 nitrogen and oxygen atoms in total. The molecule has 0 aliphatic carbocycles. The Kier molecular flexibility index (Phi) is 2.81. The standard InChI is InChI=1S/C15H14N2O/c18-15-14-6-5-11(8-13(14)10-17-15)3-4-12-2-1-7-16-9-12/h1-2,5-9H,3-4,10H2,(H,17,18). The fourth-order valence-electron chi connectivity index (χ4n) is 2.28. The number of carbonyl (C=O) groups excluding carboxylic acids is 1. The average Bonchev–Trinajstić information content (AvgIpc) is 2.79. The molecule has 90 valence electrons. The Balaban J connectivity index is 1.73. The van der Waals surface area contributed by atoms with Gasteiger partial charge in [-0.15, -0.1) is 0 Å².